The number of amides is 1. The summed E-state index contributed by atoms with van der Waals surface area (Å²) in [5.41, 5.74) is 0.267. The van der Waals surface area contributed by atoms with Gasteiger partial charge in [-0.1, -0.05) is 11.6 Å². The van der Waals surface area contributed by atoms with Crippen LogP contribution in [0.1, 0.15) is 10.4 Å². The number of carbonyl (C=O) groups is 1. The van der Waals surface area contributed by atoms with Crippen molar-refractivity contribution in [2.24, 2.45) is 0 Å². The maximum absolute atomic E-state index is 13.6. The van der Waals surface area contributed by atoms with Crippen molar-refractivity contribution >= 4 is 23.2 Å². The number of ether oxygens (including phenoxy) is 2. The summed E-state index contributed by atoms with van der Waals surface area (Å²) in [5.74, 6) is -0.192. The zero-order chi connectivity index (χ0) is 15.4. The molecule has 4 nitrogen and oxygen atoms in total. The Kier molecular flexibility index (Phi) is 4.65. The van der Waals surface area contributed by atoms with Crippen LogP contribution in [0.15, 0.2) is 36.4 Å². The molecule has 0 radical (unpaired) electrons. The van der Waals surface area contributed by atoms with Crippen molar-refractivity contribution in [3.05, 3.63) is 52.8 Å². The maximum Gasteiger partial charge on any atom is 0.259 e. The van der Waals surface area contributed by atoms with Crippen molar-refractivity contribution < 1.29 is 18.7 Å². The van der Waals surface area contributed by atoms with Gasteiger partial charge in [0.1, 0.15) is 17.3 Å². The molecule has 0 aromatic heterocycles. The third kappa shape index (κ3) is 3.44. The lowest BCUT2D eigenvalue weighted by molar-refractivity contribution is 0.102. The summed E-state index contributed by atoms with van der Waals surface area (Å²) in [6, 6.07) is 8.65. The van der Waals surface area contributed by atoms with Crippen molar-refractivity contribution in [3.63, 3.8) is 0 Å². The van der Waals surface area contributed by atoms with E-state index in [1.165, 1.54) is 38.5 Å². The molecule has 0 bridgehead atoms. The smallest absolute Gasteiger partial charge is 0.259 e. The minimum Gasteiger partial charge on any atom is -0.497 e. The van der Waals surface area contributed by atoms with Crippen LogP contribution < -0.4 is 14.8 Å². The van der Waals surface area contributed by atoms with Crippen LogP contribution in [0.4, 0.5) is 10.1 Å². The van der Waals surface area contributed by atoms with Gasteiger partial charge in [-0.05, 0) is 30.3 Å². The second kappa shape index (κ2) is 6.45. The fourth-order valence-electron chi connectivity index (χ4n) is 1.77. The number of methoxy groups -OCH3 is 2. The lowest BCUT2D eigenvalue weighted by Gasteiger charge is -2.11. The molecule has 1 N–H and O–H groups in total. The molecular weight excluding hydrogens is 297 g/mol. The van der Waals surface area contributed by atoms with Crippen molar-refractivity contribution in [1.82, 2.24) is 0 Å². The molecule has 0 aliphatic carbocycles. The zero-order valence-electron chi connectivity index (χ0n) is 11.4. The minimum absolute atomic E-state index is 0.00497. The number of benzene rings is 2. The molecule has 21 heavy (non-hydrogen) atoms. The molecule has 0 heterocycles. The number of hydrogen-bond donors (Lipinski definition) is 1. The summed E-state index contributed by atoms with van der Waals surface area (Å²) in [7, 11) is 2.95. The van der Waals surface area contributed by atoms with Crippen LogP contribution in [-0.2, 0) is 0 Å². The van der Waals surface area contributed by atoms with Crippen LogP contribution in [0.5, 0.6) is 11.5 Å². The van der Waals surface area contributed by atoms with Gasteiger partial charge >= 0.3 is 0 Å². The molecule has 0 atom stereocenters. The monoisotopic (exact) mass is 309 g/mol. The quantitative estimate of drug-likeness (QED) is 0.935. The normalized spacial score (nSPS) is 10.1. The molecule has 0 spiro atoms. The number of hydrogen-bond acceptors (Lipinski definition) is 3. The fraction of sp³-hybridized carbons (Fsp3) is 0.133. The van der Waals surface area contributed by atoms with Crippen molar-refractivity contribution in [1.29, 1.82) is 0 Å². The highest BCUT2D eigenvalue weighted by Gasteiger charge is 2.15. The van der Waals surface area contributed by atoms with Crippen LogP contribution in [0.25, 0.3) is 0 Å². The van der Waals surface area contributed by atoms with Crippen LogP contribution in [0.3, 0.4) is 0 Å². The molecule has 2 aromatic rings. The van der Waals surface area contributed by atoms with Crippen LogP contribution in [0, 0.1) is 5.82 Å². The van der Waals surface area contributed by atoms with Gasteiger partial charge in [0, 0.05) is 11.1 Å². The summed E-state index contributed by atoms with van der Waals surface area (Å²) in [6.45, 7) is 0. The van der Waals surface area contributed by atoms with E-state index in [9.17, 15) is 9.18 Å². The fourth-order valence-corrected chi connectivity index (χ4v) is 1.94. The van der Waals surface area contributed by atoms with E-state index in [-0.39, 0.29) is 11.3 Å². The third-order valence-electron chi connectivity index (χ3n) is 2.83. The Morgan fingerprint density at radius 3 is 2.57 bits per heavy atom. The number of nitrogens with one attached hydrogen (secondary N) is 1. The van der Waals surface area contributed by atoms with Gasteiger partial charge in [-0.2, -0.15) is 0 Å². The van der Waals surface area contributed by atoms with Crippen LogP contribution in [-0.4, -0.2) is 20.1 Å². The first-order chi connectivity index (χ1) is 10.0. The highest BCUT2D eigenvalue weighted by atomic mass is 35.5. The topological polar surface area (TPSA) is 47.6 Å². The van der Waals surface area contributed by atoms with E-state index in [0.717, 1.165) is 0 Å². The predicted octanol–water partition coefficient (Wildman–Crippen LogP) is 3.75. The summed E-state index contributed by atoms with van der Waals surface area (Å²) in [5, 5.41) is 2.79. The van der Waals surface area contributed by atoms with Crippen LogP contribution >= 0.6 is 11.6 Å². The summed E-state index contributed by atoms with van der Waals surface area (Å²) in [4.78, 5) is 12.2. The molecule has 1 amide bonds. The number of carbonyl (C=O) groups excluding carboxylic acids is 1. The van der Waals surface area contributed by atoms with Gasteiger partial charge < -0.3 is 14.8 Å². The van der Waals surface area contributed by atoms with Gasteiger partial charge in [0.2, 0.25) is 0 Å². The highest BCUT2D eigenvalue weighted by molar-refractivity contribution is 6.31. The Morgan fingerprint density at radius 2 is 1.90 bits per heavy atom. The average Bonchev–Trinajstić information content (AvgIpc) is 2.50. The third-order valence-corrected chi connectivity index (χ3v) is 3.07. The van der Waals surface area contributed by atoms with Gasteiger partial charge in [0.25, 0.3) is 5.91 Å². The van der Waals surface area contributed by atoms with E-state index in [4.69, 9.17) is 21.1 Å². The molecule has 0 saturated heterocycles. The average molecular weight is 310 g/mol. The summed E-state index contributed by atoms with van der Waals surface area (Å²) < 4.78 is 23.8. The maximum atomic E-state index is 13.6. The number of anilines is 1. The lowest BCUT2D eigenvalue weighted by atomic mass is 10.1. The lowest BCUT2D eigenvalue weighted by Crippen LogP contribution is -2.14. The molecule has 6 heteroatoms. The van der Waals surface area contributed by atoms with E-state index in [1.54, 1.807) is 12.1 Å². The van der Waals surface area contributed by atoms with Crippen LogP contribution in [0.2, 0.25) is 5.02 Å². The molecule has 0 aliphatic rings. The molecule has 2 rings (SSSR count). The molecule has 0 aliphatic heterocycles. The second-order valence-electron chi connectivity index (χ2n) is 4.14. The van der Waals surface area contributed by atoms with E-state index in [0.29, 0.717) is 16.5 Å². The minimum atomic E-state index is -0.569. The molecular formula is C15H13ClFNO3. The predicted molar refractivity (Wildman–Crippen MR) is 78.9 cm³/mol. The van der Waals surface area contributed by atoms with Crippen molar-refractivity contribution in [2.75, 3.05) is 19.5 Å². The van der Waals surface area contributed by atoms with Crippen molar-refractivity contribution in [2.45, 2.75) is 0 Å². The molecule has 2 aromatic carbocycles. The van der Waals surface area contributed by atoms with Gasteiger partial charge in [0.05, 0.1) is 25.5 Å². The number of halogens is 2. The Balaban J connectivity index is 2.30. The Morgan fingerprint density at radius 1 is 1.14 bits per heavy atom. The SMILES string of the molecule is COc1ccc(C(=O)Nc2cc(Cl)ccc2F)c(OC)c1. The largest absolute Gasteiger partial charge is 0.497 e. The Labute approximate surface area is 126 Å². The van der Waals surface area contributed by atoms with Gasteiger partial charge in [-0.15, -0.1) is 0 Å². The van der Waals surface area contributed by atoms with E-state index in [2.05, 4.69) is 5.32 Å². The van der Waals surface area contributed by atoms with E-state index >= 15 is 0 Å². The molecule has 0 unspecified atom stereocenters. The second-order valence-corrected chi connectivity index (χ2v) is 4.58. The first-order valence-electron chi connectivity index (χ1n) is 6.03. The Hall–Kier alpha value is -2.27. The first-order valence-corrected chi connectivity index (χ1v) is 6.41. The highest BCUT2D eigenvalue weighted by Crippen LogP contribution is 2.26. The molecule has 110 valence electrons. The molecule has 0 fully saturated rings. The van der Waals surface area contributed by atoms with Gasteiger partial charge in [-0.3, -0.25) is 4.79 Å². The van der Waals surface area contributed by atoms with E-state index < -0.39 is 11.7 Å². The van der Waals surface area contributed by atoms with Gasteiger partial charge in [-0.25, -0.2) is 4.39 Å². The van der Waals surface area contributed by atoms with Crippen molar-refractivity contribution in [3.8, 4) is 11.5 Å². The van der Waals surface area contributed by atoms with E-state index in [1.807, 2.05) is 0 Å². The first kappa shape index (κ1) is 15.1. The number of rotatable bonds is 4. The van der Waals surface area contributed by atoms with Gasteiger partial charge in [0.15, 0.2) is 0 Å². The summed E-state index contributed by atoms with van der Waals surface area (Å²) in [6.07, 6.45) is 0. The standard InChI is InChI=1S/C15H13ClFNO3/c1-20-10-4-5-11(14(8-10)21-2)15(19)18-13-7-9(16)3-6-12(13)17/h3-8H,1-2H3,(H,18,19). The zero-order valence-corrected chi connectivity index (χ0v) is 12.2. The Bertz CT molecular complexity index is 676. The molecule has 0 saturated carbocycles. The summed E-state index contributed by atoms with van der Waals surface area (Å²) >= 11 is 5.79.